The number of quaternary nitrogens is 1. The predicted octanol–water partition coefficient (Wildman–Crippen LogP) is 2.13. The fourth-order valence-electron chi connectivity index (χ4n) is 3.27. The van der Waals surface area contributed by atoms with Gasteiger partial charge in [0.05, 0.1) is 29.8 Å². The lowest BCUT2D eigenvalue weighted by atomic mass is 10.1. The Morgan fingerprint density at radius 2 is 1.92 bits per heavy atom. The smallest absolute Gasteiger partial charge is 0.207 e. The number of aliphatic hydroxyl groups excluding tert-OH is 1. The van der Waals surface area contributed by atoms with Crippen LogP contribution in [0.4, 0.5) is 0 Å². The second-order valence-electron chi connectivity index (χ2n) is 6.39. The van der Waals surface area contributed by atoms with Gasteiger partial charge in [-0.25, -0.2) is 0 Å². The Morgan fingerprint density at radius 3 is 2.60 bits per heavy atom. The van der Waals surface area contributed by atoms with Gasteiger partial charge in [0, 0.05) is 12.8 Å². The topological polar surface area (TPSA) is 47.4 Å². The van der Waals surface area contributed by atoms with Gasteiger partial charge in [-0.15, -0.1) is 16.4 Å². The van der Waals surface area contributed by atoms with Gasteiger partial charge in [-0.3, -0.25) is 4.57 Å². The van der Waals surface area contributed by atoms with E-state index in [2.05, 4.69) is 28.1 Å². The van der Waals surface area contributed by atoms with Crippen molar-refractivity contribution in [3.8, 4) is 16.4 Å². The summed E-state index contributed by atoms with van der Waals surface area (Å²) in [5, 5.41) is 16.6. The number of likely N-dealkylation sites (tertiary alicyclic amines) is 1. The lowest BCUT2D eigenvalue weighted by Gasteiger charge is -2.26. The van der Waals surface area contributed by atoms with Gasteiger partial charge in [0.2, 0.25) is 4.77 Å². The summed E-state index contributed by atoms with van der Waals surface area (Å²) in [5.74, 6) is 0.891. The zero-order valence-electron chi connectivity index (χ0n) is 13.8. The van der Waals surface area contributed by atoms with Gasteiger partial charge in [0.25, 0.3) is 0 Å². The number of aliphatic hydroxyl groups is 1. The first-order valence-electron chi connectivity index (χ1n) is 8.53. The van der Waals surface area contributed by atoms with Crippen LogP contribution in [-0.4, -0.2) is 38.6 Å². The fraction of sp³-hybridized carbons (Fsp3) is 0.333. The number of benzene rings is 1. The van der Waals surface area contributed by atoms with Crippen LogP contribution in [0.25, 0.3) is 16.4 Å². The third kappa shape index (κ3) is 3.46. The number of nitrogens with zero attached hydrogens (tertiary/aromatic N) is 3. The van der Waals surface area contributed by atoms with Crippen molar-refractivity contribution in [2.45, 2.75) is 25.6 Å². The van der Waals surface area contributed by atoms with E-state index in [4.69, 9.17) is 17.3 Å². The molecule has 1 aliphatic rings. The summed E-state index contributed by atoms with van der Waals surface area (Å²) in [6.07, 6.45) is 1.54. The summed E-state index contributed by atoms with van der Waals surface area (Å²) < 4.78 is 4.71. The molecule has 25 heavy (non-hydrogen) atoms. The fourth-order valence-corrected chi connectivity index (χ4v) is 4.26. The van der Waals surface area contributed by atoms with Gasteiger partial charge >= 0.3 is 0 Å². The molecule has 1 aliphatic heterocycles. The van der Waals surface area contributed by atoms with Gasteiger partial charge in [0.1, 0.15) is 0 Å². The minimum absolute atomic E-state index is 0.153. The quantitative estimate of drug-likeness (QED) is 0.689. The second kappa shape index (κ2) is 7.21. The minimum atomic E-state index is -0.153. The number of piperidine rings is 1. The molecule has 1 aromatic carbocycles. The van der Waals surface area contributed by atoms with E-state index >= 15 is 0 Å². The molecule has 1 saturated heterocycles. The Morgan fingerprint density at radius 1 is 1.16 bits per heavy atom. The van der Waals surface area contributed by atoms with Crippen molar-refractivity contribution >= 4 is 23.6 Å². The van der Waals surface area contributed by atoms with Crippen molar-refractivity contribution in [1.29, 1.82) is 0 Å². The van der Waals surface area contributed by atoms with E-state index in [-0.39, 0.29) is 6.10 Å². The highest BCUT2D eigenvalue weighted by atomic mass is 32.1. The second-order valence-corrected chi connectivity index (χ2v) is 7.71. The van der Waals surface area contributed by atoms with Crippen LogP contribution < -0.4 is 4.90 Å². The predicted molar refractivity (Wildman–Crippen MR) is 102 cm³/mol. The minimum Gasteiger partial charge on any atom is -0.393 e. The first kappa shape index (κ1) is 16.7. The molecule has 0 radical (unpaired) electrons. The lowest BCUT2D eigenvalue weighted by molar-refractivity contribution is -0.929. The normalized spacial score (nSPS) is 20.7. The molecule has 1 fully saturated rings. The van der Waals surface area contributed by atoms with Gasteiger partial charge in [-0.2, -0.15) is 4.68 Å². The number of para-hydroxylation sites is 1. The van der Waals surface area contributed by atoms with E-state index in [0.717, 1.165) is 49.0 Å². The number of nitrogens with one attached hydrogen (secondary N) is 1. The molecule has 0 atom stereocenters. The van der Waals surface area contributed by atoms with E-state index in [1.165, 1.54) is 4.90 Å². The zero-order chi connectivity index (χ0) is 17.2. The van der Waals surface area contributed by atoms with Crippen LogP contribution in [0.1, 0.15) is 12.8 Å². The van der Waals surface area contributed by atoms with E-state index in [1.54, 1.807) is 11.3 Å². The Kier molecular flexibility index (Phi) is 4.80. The summed E-state index contributed by atoms with van der Waals surface area (Å²) in [7, 11) is 0. The van der Waals surface area contributed by atoms with Crippen LogP contribution in [0, 0.1) is 4.77 Å². The van der Waals surface area contributed by atoms with Crippen LogP contribution in [0.3, 0.4) is 0 Å². The first-order chi connectivity index (χ1) is 12.2. The summed E-state index contributed by atoms with van der Waals surface area (Å²) in [6, 6.07) is 14.3. The molecule has 2 N–H and O–H groups in total. The molecule has 0 amide bonds. The molecular weight excluding hydrogens is 352 g/mol. The third-order valence-corrected chi connectivity index (χ3v) is 5.89. The monoisotopic (exact) mass is 373 g/mol. The SMILES string of the molecule is OC1CC[NH+](Cn2nc(-c3cccs3)n(-c3ccccc3)c2=S)CC1. The van der Waals surface area contributed by atoms with Crippen molar-refractivity contribution < 1.29 is 10.0 Å². The molecule has 0 unspecified atom stereocenters. The first-order valence-corrected chi connectivity index (χ1v) is 9.82. The molecule has 3 aromatic rings. The summed E-state index contributed by atoms with van der Waals surface area (Å²) >= 11 is 7.44. The number of aromatic nitrogens is 3. The molecule has 3 heterocycles. The highest BCUT2D eigenvalue weighted by Gasteiger charge is 2.22. The molecule has 4 rings (SSSR count). The highest BCUT2D eigenvalue weighted by molar-refractivity contribution is 7.71. The van der Waals surface area contributed by atoms with Crippen LogP contribution in [0.15, 0.2) is 47.8 Å². The molecule has 0 spiro atoms. The van der Waals surface area contributed by atoms with E-state index in [0.29, 0.717) is 4.77 Å². The van der Waals surface area contributed by atoms with E-state index < -0.39 is 0 Å². The molecule has 7 heteroatoms. The standard InChI is InChI=1S/C18H20N4OS2/c23-15-8-10-20(11-9-15)13-21-18(24)22(14-5-2-1-3-6-14)17(19-21)16-7-4-12-25-16/h1-7,12,15,23H,8-11,13H2/p+1. The molecule has 0 aliphatic carbocycles. The maximum Gasteiger partial charge on any atom is 0.207 e. The molecule has 130 valence electrons. The molecule has 0 saturated carbocycles. The van der Waals surface area contributed by atoms with Crippen LogP contribution in [0.5, 0.6) is 0 Å². The van der Waals surface area contributed by atoms with Crippen LogP contribution in [0.2, 0.25) is 0 Å². The Labute approximate surface area is 155 Å². The largest absolute Gasteiger partial charge is 0.393 e. The summed E-state index contributed by atoms with van der Waals surface area (Å²) in [4.78, 5) is 2.52. The van der Waals surface area contributed by atoms with Crippen molar-refractivity contribution in [2.75, 3.05) is 13.1 Å². The maximum absolute atomic E-state index is 9.71. The Bertz CT molecular complexity index is 878. The molecule has 2 aromatic heterocycles. The summed E-state index contributed by atoms with van der Waals surface area (Å²) in [6.45, 7) is 2.65. The molecule has 5 nitrogen and oxygen atoms in total. The summed E-state index contributed by atoms with van der Waals surface area (Å²) in [5.41, 5.74) is 1.03. The van der Waals surface area contributed by atoms with E-state index in [9.17, 15) is 5.11 Å². The van der Waals surface area contributed by atoms with Gasteiger partial charge in [-0.1, -0.05) is 24.3 Å². The number of hydrogen-bond acceptors (Lipinski definition) is 4. The van der Waals surface area contributed by atoms with Crippen LogP contribution >= 0.6 is 23.6 Å². The number of hydrogen-bond donors (Lipinski definition) is 2. The van der Waals surface area contributed by atoms with Gasteiger partial charge in [0.15, 0.2) is 12.5 Å². The zero-order valence-corrected chi connectivity index (χ0v) is 15.5. The Balaban J connectivity index is 1.73. The van der Waals surface area contributed by atoms with Crippen molar-refractivity contribution in [3.05, 3.63) is 52.6 Å². The average molecular weight is 374 g/mol. The van der Waals surface area contributed by atoms with E-state index in [1.807, 2.05) is 28.9 Å². The lowest BCUT2D eigenvalue weighted by Crippen LogP contribution is -3.12. The third-order valence-electron chi connectivity index (χ3n) is 4.63. The molecular formula is C18H21N4OS2+. The molecule has 0 bridgehead atoms. The van der Waals surface area contributed by atoms with Crippen LogP contribution in [-0.2, 0) is 6.67 Å². The maximum atomic E-state index is 9.71. The van der Waals surface area contributed by atoms with Crippen molar-refractivity contribution in [2.24, 2.45) is 0 Å². The van der Waals surface area contributed by atoms with Crippen molar-refractivity contribution in [1.82, 2.24) is 14.3 Å². The average Bonchev–Trinajstić information content (AvgIpc) is 3.26. The van der Waals surface area contributed by atoms with Crippen molar-refractivity contribution in [3.63, 3.8) is 0 Å². The number of rotatable bonds is 4. The Hall–Kier alpha value is -1.80. The van der Waals surface area contributed by atoms with Gasteiger partial charge < -0.3 is 10.0 Å². The highest BCUT2D eigenvalue weighted by Crippen LogP contribution is 2.26. The number of thiophene rings is 1. The van der Waals surface area contributed by atoms with Gasteiger partial charge in [-0.05, 0) is 35.8 Å².